The predicted molar refractivity (Wildman–Crippen MR) is 106 cm³/mol. The number of benzene rings is 2. The van der Waals surface area contributed by atoms with Crippen molar-refractivity contribution in [2.24, 2.45) is 0 Å². The number of aryl methyl sites for hydroxylation is 2. The van der Waals surface area contributed by atoms with Gasteiger partial charge in [-0.1, -0.05) is 18.2 Å². The van der Waals surface area contributed by atoms with Gasteiger partial charge in [0.05, 0.1) is 18.0 Å². The molecule has 0 aliphatic rings. The quantitative estimate of drug-likeness (QED) is 0.819. The Balaban J connectivity index is 2.28. The molecule has 0 saturated carbocycles. The number of hydrogen-bond acceptors (Lipinski definition) is 3. The first-order valence-electron chi connectivity index (χ1n) is 8.62. The Kier molecular flexibility index (Phi) is 6.26. The SMILES string of the molecule is Cc1cc(C)cc(N([C@H](C)C(=O)N[C@H](C)c2ccc(F)cc2)S(C)(=O)=O)c1. The fourth-order valence-electron chi connectivity index (χ4n) is 3.06. The van der Waals surface area contributed by atoms with Crippen LogP contribution in [0.15, 0.2) is 42.5 Å². The van der Waals surface area contributed by atoms with Crippen LogP contribution < -0.4 is 9.62 Å². The second kappa shape index (κ2) is 8.08. The first-order chi connectivity index (χ1) is 12.5. The molecule has 2 rings (SSSR count). The molecule has 2 aromatic rings. The maximum atomic E-state index is 13.1. The lowest BCUT2D eigenvalue weighted by molar-refractivity contribution is -0.122. The van der Waals surface area contributed by atoms with Crippen molar-refractivity contribution in [2.45, 2.75) is 39.8 Å². The maximum absolute atomic E-state index is 13.1. The lowest BCUT2D eigenvalue weighted by Crippen LogP contribution is -2.48. The molecule has 146 valence electrons. The average Bonchev–Trinajstić information content (AvgIpc) is 2.53. The summed E-state index contributed by atoms with van der Waals surface area (Å²) in [5.41, 5.74) is 3.00. The molecule has 0 fully saturated rings. The van der Waals surface area contributed by atoms with Crippen molar-refractivity contribution in [1.82, 2.24) is 5.32 Å². The first-order valence-corrected chi connectivity index (χ1v) is 10.5. The van der Waals surface area contributed by atoms with Crippen molar-refractivity contribution < 1.29 is 17.6 Å². The molecule has 27 heavy (non-hydrogen) atoms. The van der Waals surface area contributed by atoms with Gasteiger partial charge in [0.2, 0.25) is 15.9 Å². The van der Waals surface area contributed by atoms with Crippen LogP contribution in [0.25, 0.3) is 0 Å². The summed E-state index contributed by atoms with van der Waals surface area (Å²) in [5, 5.41) is 2.80. The maximum Gasteiger partial charge on any atom is 0.244 e. The molecule has 0 saturated heterocycles. The van der Waals surface area contributed by atoms with E-state index in [1.807, 2.05) is 19.9 Å². The van der Waals surface area contributed by atoms with Gasteiger partial charge in [-0.15, -0.1) is 0 Å². The molecule has 1 N–H and O–H groups in total. The summed E-state index contributed by atoms with van der Waals surface area (Å²) in [5.74, 6) is -0.792. The van der Waals surface area contributed by atoms with Crippen LogP contribution in [0.4, 0.5) is 10.1 Å². The van der Waals surface area contributed by atoms with Gasteiger partial charge in [-0.25, -0.2) is 12.8 Å². The molecular weight excluding hydrogens is 367 g/mol. The summed E-state index contributed by atoms with van der Waals surface area (Å²) in [6.07, 6.45) is 1.08. The molecule has 0 aliphatic carbocycles. The molecular formula is C20H25FN2O3S. The van der Waals surface area contributed by atoms with E-state index in [1.54, 1.807) is 38.1 Å². The molecule has 2 aromatic carbocycles. The number of rotatable bonds is 6. The molecule has 1 amide bonds. The Morgan fingerprint density at radius 3 is 2.04 bits per heavy atom. The van der Waals surface area contributed by atoms with Crippen LogP contribution >= 0.6 is 0 Å². The van der Waals surface area contributed by atoms with Gasteiger partial charge in [-0.3, -0.25) is 9.10 Å². The van der Waals surface area contributed by atoms with E-state index in [-0.39, 0.29) is 11.9 Å². The van der Waals surface area contributed by atoms with E-state index in [4.69, 9.17) is 0 Å². The highest BCUT2D eigenvalue weighted by molar-refractivity contribution is 7.92. The molecule has 2 atom stereocenters. The number of carbonyl (C=O) groups is 1. The van der Waals surface area contributed by atoms with Gasteiger partial charge >= 0.3 is 0 Å². The lowest BCUT2D eigenvalue weighted by atomic mass is 10.1. The molecule has 0 radical (unpaired) electrons. The topological polar surface area (TPSA) is 66.5 Å². The zero-order valence-electron chi connectivity index (χ0n) is 16.2. The van der Waals surface area contributed by atoms with Crippen molar-refractivity contribution in [1.29, 1.82) is 0 Å². The summed E-state index contributed by atoms with van der Waals surface area (Å²) in [6, 6.07) is 9.89. The Bertz CT molecular complexity index is 906. The van der Waals surface area contributed by atoms with Gasteiger partial charge < -0.3 is 5.32 Å². The second-order valence-corrected chi connectivity index (χ2v) is 8.72. The summed E-state index contributed by atoms with van der Waals surface area (Å²) >= 11 is 0. The van der Waals surface area contributed by atoms with Crippen molar-refractivity contribution >= 4 is 21.6 Å². The van der Waals surface area contributed by atoms with Crippen molar-refractivity contribution in [3.8, 4) is 0 Å². The minimum Gasteiger partial charge on any atom is -0.348 e. The zero-order valence-corrected chi connectivity index (χ0v) is 17.0. The van der Waals surface area contributed by atoms with Gasteiger partial charge in [0, 0.05) is 0 Å². The highest BCUT2D eigenvalue weighted by Gasteiger charge is 2.30. The Hall–Kier alpha value is -2.41. The summed E-state index contributed by atoms with van der Waals surface area (Å²) < 4.78 is 39.0. The fourth-order valence-corrected chi connectivity index (χ4v) is 4.21. The number of halogens is 1. The van der Waals surface area contributed by atoms with Crippen LogP contribution in [0.2, 0.25) is 0 Å². The second-order valence-electron chi connectivity index (χ2n) is 6.86. The Morgan fingerprint density at radius 2 is 1.56 bits per heavy atom. The lowest BCUT2D eigenvalue weighted by Gasteiger charge is -2.29. The largest absolute Gasteiger partial charge is 0.348 e. The number of sulfonamides is 1. The molecule has 7 heteroatoms. The van der Waals surface area contributed by atoms with E-state index in [0.29, 0.717) is 5.69 Å². The minimum atomic E-state index is -3.68. The van der Waals surface area contributed by atoms with Crippen LogP contribution in [0.3, 0.4) is 0 Å². The van der Waals surface area contributed by atoms with Gasteiger partial charge in [0.1, 0.15) is 11.9 Å². The van der Waals surface area contributed by atoms with Crippen LogP contribution in [-0.4, -0.2) is 26.6 Å². The molecule has 5 nitrogen and oxygen atoms in total. The number of hydrogen-bond donors (Lipinski definition) is 1. The number of nitrogens with zero attached hydrogens (tertiary/aromatic N) is 1. The molecule has 0 aliphatic heterocycles. The van der Waals surface area contributed by atoms with E-state index in [0.717, 1.165) is 27.3 Å². The smallest absolute Gasteiger partial charge is 0.244 e. The first kappa shape index (κ1) is 20.9. The molecule has 0 unspecified atom stereocenters. The third-order valence-electron chi connectivity index (χ3n) is 4.28. The van der Waals surface area contributed by atoms with Crippen LogP contribution in [0, 0.1) is 19.7 Å². The monoisotopic (exact) mass is 392 g/mol. The third-order valence-corrected chi connectivity index (χ3v) is 5.52. The highest BCUT2D eigenvalue weighted by atomic mass is 32.2. The Labute approximate surface area is 160 Å². The summed E-state index contributed by atoms with van der Waals surface area (Å²) in [4.78, 5) is 12.7. The normalized spacial score (nSPS) is 13.7. The fraction of sp³-hybridized carbons (Fsp3) is 0.350. The van der Waals surface area contributed by atoms with E-state index in [9.17, 15) is 17.6 Å². The standard InChI is InChI=1S/C20H25FN2O3S/c1-13-10-14(2)12-19(11-13)23(27(5,25)26)16(4)20(24)22-15(3)17-6-8-18(21)9-7-17/h6-12,15-16H,1-5H3,(H,22,24)/t15-,16-/m1/s1. The van der Waals surface area contributed by atoms with Crippen molar-refractivity contribution in [2.75, 3.05) is 10.6 Å². The predicted octanol–water partition coefficient (Wildman–Crippen LogP) is 3.47. The number of nitrogens with one attached hydrogen (secondary N) is 1. The highest BCUT2D eigenvalue weighted by Crippen LogP contribution is 2.24. The van der Waals surface area contributed by atoms with Gasteiger partial charge in [0.15, 0.2) is 0 Å². The molecule has 0 bridgehead atoms. The number of anilines is 1. The molecule has 0 heterocycles. The van der Waals surface area contributed by atoms with Crippen LogP contribution in [-0.2, 0) is 14.8 Å². The number of amides is 1. The zero-order chi connectivity index (χ0) is 20.4. The van der Waals surface area contributed by atoms with Crippen LogP contribution in [0.5, 0.6) is 0 Å². The number of carbonyl (C=O) groups excluding carboxylic acids is 1. The molecule has 0 aromatic heterocycles. The minimum absolute atomic E-state index is 0.358. The van der Waals surface area contributed by atoms with Gasteiger partial charge in [-0.05, 0) is 68.7 Å². The van der Waals surface area contributed by atoms with E-state index in [2.05, 4.69) is 5.32 Å². The summed E-state index contributed by atoms with van der Waals surface area (Å²) in [6.45, 7) is 7.06. The third kappa shape index (κ3) is 5.29. The Morgan fingerprint density at radius 1 is 1.04 bits per heavy atom. The van der Waals surface area contributed by atoms with Crippen molar-refractivity contribution in [3.05, 3.63) is 65.0 Å². The van der Waals surface area contributed by atoms with Crippen molar-refractivity contribution in [3.63, 3.8) is 0 Å². The van der Waals surface area contributed by atoms with Crippen LogP contribution in [0.1, 0.15) is 36.6 Å². The molecule has 0 spiro atoms. The van der Waals surface area contributed by atoms with E-state index >= 15 is 0 Å². The van der Waals surface area contributed by atoms with Gasteiger partial charge in [-0.2, -0.15) is 0 Å². The van der Waals surface area contributed by atoms with E-state index < -0.39 is 22.0 Å². The van der Waals surface area contributed by atoms with Gasteiger partial charge in [0.25, 0.3) is 0 Å². The average molecular weight is 392 g/mol. The summed E-state index contributed by atoms with van der Waals surface area (Å²) in [7, 11) is -3.68. The van der Waals surface area contributed by atoms with E-state index in [1.165, 1.54) is 12.1 Å².